The molecule has 1 N–H and O–H groups in total. The third-order valence-electron chi connectivity index (χ3n) is 4.63. The van der Waals surface area contributed by atoms with Gasteiger partial charge in [-0.3, -0.25) is 9.10 Å². The van der Waals surface area contributed by atoms with Gasteiger partial charge in [0.15, 0.2) is 0 Å². The van der Waals surface area contributed by atoms with Gasteiger partial charge in [-0.2, -0.15) is 0 Å². The highest BCUT2D eigenvalue weighted by molar-refractivity contribution is 7.92. The minimum Gasteiger partial charge on any atom is -0.489 e. The lowest BCUT2D eigenvalue weighted by Gasteiger charge is -2.30. The zero-order chi connectivity index (χ0) is 22.2. The number of halogens is 3. The molecule has 160 valence electrons. The highest BCUT2D eigenvalue weighted by Crippen LogP contribution is 2.37. The molecule has 0 saturated heterocycles. The SMILES string of the molecule is O=C(Nc1ccc2c(c1)N(S(=O)(=O)c1ccc(F)cc1)CCO2)c1c(Cl)cccc1Cl. The average Bonchev–Trinajstić information content (AvgIpc) is 2.73. The Morgan fingerprint density at radius 1 is 1.03 bits per heavy atom. The number of amides is 1. The molecule has 0 fully saturated rings. The number of ether oxygens (including phenoxy) is 1. The maximum Gasteiger partial charge on any atom is 0.264 e. The molecule has 0 aromatic heterocycles. The summed E-state index contributed by atoms with van der Waals surface area (Å²) in [6, 6.07) is 13.9. The molecule has 0 spiro atoms. The van der Waals surface area contributed by atoms with Crippen LogP contribution in [0.2, 0.25) is 10.0 Å². The average molecular weight is 481 g/mol. The molecule has 1 amide bonds. The Labute approximate surface area is 188 Å². The molecule has 3 aromatic rings. The maximum absolute atomic E-state index is 13.2. The second kappa shape index (κ2) is 8.37. The predicted molar refractivity (Wildman–Crippen MR) is 117 cm³/mol. The van der Waals surface area contributed by atoms with Gasteiger partial charge >= 0.3 is 0 Å². The van der Waals surface area contributed by atoms with Crippen molar-refractivity contribution in [2.75, 3.05) is 22.8 Å². The molecule has 1 aliphatic heterocycles. The van der Waals surface area contributed by atoms with Crippen molar-refractivity contribution in [1.29, 1.82) is 0 Å². The van der Waals surface area contributed by atoms with E-state index >= 15 is 0 Å². The summed E-state index contributed by atoms with van der Waals surface area (Å²) in [7, 11) is -3.97. The van der Waals surface area contributed by atoms with Gasteiger partial charge in [-0.15, -0.1) is 0 Å². The van der Waals surface area contributed by atoms with E-state index in [2.05, 4.69) is 5.32 Å². The monoisotopic (exact) mass is 480 g/mol. The first kappa shape index (κ1) is 21.4. The number of fused-ring (bicyclic) bond motifs is 1. The standard InChI is InChI=1S/C21H15Cl2FN2O4S/c22-16-2-1-3-17(23)20(16)21(27)25-14-6-9-19-18(12-14)26(10-11-30-19)31(28,29)15-7-4-13(24)5-8-15/h1-9,12H,10-11H2,(H,25,27). The van der Waals surface area contributed by atoms with E-state index < -0.39 is 21.7 Å². The first-order chi connectivity index (χ1) is 14.8. The van der Waals surface area contributed by atoms with Gasteiger partial charge in [0.1, 0.15) is 18.2 Å². The summed E-state index contributed by atoms with van der Waals surface area (Å²) in [5, 5.41) is 3.05. The number of nitrogens with zero attached hydrogens (tertiary/aromatic N) is 1. The van der Waals surface area contributed by atoms with Crippen LogP contribution in [0.3, 0.4) is 0 Å². The molecule has 0 radical (unpaired) electrons. The predicted octanol–water partition coefficient (Wildman–Crippen LogP) is 4.97. The lowest BCUT2D eigenvalue weighted by atomic mass is 10.2. The molecule has 10 heteroatoms. The van der Waals surface area contributed by atoms with Crippen molar-refractivity contribution in [1.82, 2.24) is 0 Å². The van der Waals surface area contributed by atoms with Gasteiger partial charge in [0.25, 0.3) is 15.9 Å². The van der Waals surface area contributed by atoms with Crippen LogP contribution in [0.25, 0.3) is 0 Å². The van der Waals surface area contributed by atoms with Crippen molar-refractivity contribution >= 4 is 50.5 Å². The summed E-state index contributed by atoms with van der Waals surface area (Å²) in [4.78, 5) is 12.6. The van der Waals surface area contributed by atoms with Gasteiger partial charge < -0.3 is 10.1 Å². The van der Waals surface area contributed by atoms with Gasteiger partial charge in [0, 0.05) is 5.69 Å². The van der Waals surface area contributed by atoms with Crippen molar-refractivity contribution in [2.24, 2.45) is 0 Å². The Morgan fingerprint density at radius 2 is 1.71 bits per heavy atom. The minimum absolute atomic E-state index is 0.0560. The molecule has 0 atom stereocenters. The number of rotatable bonds is 4. The van der Waals surface area contributed by atoms with Crippen LogP contribution in [-0.2, 0) is 10.0 Å². The van der Waals surface area contributed by atoms with Crippen LogP contribution in [0, 0.1) is 5.82 Å². The van der Waals surface area contributed by atoms with Gasteiger partial charge in [-0.05, 0) is 54.6 Å². The van der Waals surface area contributed by atoms with E-state index in [1.165, 1.54) is 18.2 Å². The molecular formula is C21H15Cl2FN2O4S. The number of benzene rings is 3. The number of sulfonamides is 1. The molecule has 1 aliphatic rings. The number of nitrogens with one attached hydrogen (secondary N) is 1. The first-order valence-corrected chi connectivity index (χ1v) is 11.3. The highest BCUT2D eigenvalue weighted by atomic mass is 35.5. The van der Waals surface area contributed by atoms with Crippen molar-refractivity contribution < 1.29 is 22.3 Å². The van der Waals surface area contributed by atoms with Crippen LogP contribution in [0.4, 0.5) is 15.8 Å². The number of carbonyl (C=O) groups is 1. The fourth-order valence-electron chi connectivity index (χ4n) is 3.16. The number of anilines is 2. The summed E-state index contributed by atoms with van der Waals surface area (Å²) in [6.07, 6.45) is 0. The van der Waals surface area contributed by atoms with Crippen LogP contribution in [0.1, 0.15) is 10.4 Å². The second-order valence-electron chi connectivity index (χ2n) is 6.61. The molecular weight excluding hydrogens is 466 g/mol. The van der Waals surface area contributed by atoms with Crippen LogP contribution in [0.5, 0.6) is 5.75 Å². The topological polar surface area (TPSA) is 75.7 Å². The van der Waals surface area contributed by atoms with Crippen LogP contribution >= 0.6 is 23.2 Å². The molecule has 31 heavy (non-hydrogen) atoms. The molecule has 6 nitrogen and oxygen atoms in total. The van der Waals surface area contributed by atoms with Gasteiger partial charge in [-0.1, -0.05) is 29.3 Å². The van der Waals surface area contributed by atoms with Gasteiger partial charge in [0.05, 0.1) is 32.7 Å². The lowest BCUT2D eigenvalue weighted by molar-refractivity contribution is 0.102. The van der Waals surface area contributed by atoms with E-state index in [-0.39, 0.29) is 39.3 Å². The van der Waals surface area contributed by atoms with Gasteiger partial charge in [-0.25, -0.2) is 12.8 Å². The largest absolute Gasteiger partial charge is 0.489 e. The van der Waals surface area contributed by atoms with Crippen molar-refractivity contribution in [2.45, 2.75) is 4.90 Å². The van der Waals surface area contributed by atoms with E-state index in [1.807, 2.05) is 0 Å². The Hall–Kier alpha value is -2.81. The fraction of sp³-hybridized carbons (Fsp3) is 0.0952. The summed E-state index contributed by atoms with van der Waals surface area (Å²) in [5.41, 5.74) is 0.679. The van der Waals surface area contributed by atoms with Crippen molar-refractivity contribution in [3.05, 3.63) is 82.1 Å². The van der Waals surface area contributed by atoms with E-state index in [1.54, 1.807) is 30.3 Å². The molecule has 0 saturated carbocycles. The Morgan fingerprint density at radius 3 is 2.39 bits per heavy atom. The van der Waals surface area contributed by atoms with Crippen LogP contribution in [-0.4, -0.2) is 27.5 Å². The molecule has 3 aromatic carbocycles. The van der Waals surface area contributed by atoms with Crippen LogP contribution < -0.4 is 14.4 Å². The number of hydrogen-bond donors (Lipinski definition) is 1. The van der Waals surface area contributed by atoms with Crippen molar-refractivity contribution in [3.8, 4) is 5.75 Å². The zero-order valence-corrected chi connectivity index (χ0v) is 18.1. The maximum atomic E-state index is 13.2. The second-order valence-corrected chi connectivity index (χ2v) is 9.29. The van der Waals surface area contributed by atoms with Crippen molar-refractivity contribution in [3.63, 3.8) is 0 Å². The minimum atomic E-state index is -3.97. The van der Waals surface area contributed by atoms with E-state index in [4.69, 9.17) is 27.9 Å². The number of hydrogen-bond acceptors (Lipinski definition) is 4. The summed E-state index contributed by atoms with van der Waals surface area (Å²) >= 11 is 12.2. The van der Waals surface area contributed by atoms with E-state index in [9.17, 15) is 17.6 Å². The third kappa shape index (κ3) is 4.19. The Bertz CT molecular complexity index is 1250. The highest BCUT2D eigenvalue weighted by Gasteiger charge is 2.30. The van der Waals surface area contributed by atoms with Crippen LogP contribution in [0.15, 0.2) is 65.6 Å². The fourth-order valence-corrected chi connectivity index (χ4v) is 5.18. The Kier molecular flexibility index (Phi) is 5.79. The number of carbonyl (C=O) groups excluding carboxylic acids is 1. The molecule has 0 aliphatic carbocycles. The summed E-state index contributed by atoms with van der Waals surface area (Å²) in [5.74, 6) is -0.740. The molecule has 4 rings (SSSR count). The Balaban J connectivity index is 1.68. The normalized spacial score (nSPS) is 13.3. The first-order valence-electron chi connectivity index (χ1n) is 9.08. The van der Waals surface area contributed by atoms with E-state index in [0.717, 1.165) is 16.4 Å². The molecule has 0 unspecified atom stereocenters. The zero-order valence-electron chi connectivity index (χ0n) is 15.8. The summed E-state index contributed by atoms with van der Waals surface area (Å²) in [6.45, 7) is 0.203. The lowest BCUT2D eigenvalue weighted by Crippen LogP contribution is -2.38. The molecule has 0 bridgehead atoms. The third-order valence-corrected chi connectivity index (χ3v) is 7.09. The van der Waals surface area contributed by atoms with E-state index in [0.29, 0.717) is 11.4 Å². The smallest absolute Gasteiger partial charge is 0.264 e. The molecule has 1 heterocycles. The quantitative estimate of drug-likeness (QED) is 0.571. The summed E-state index contributed by atoms with van der Waals surface area (Å²) < 4.78 is 46.2. The van der Waals surface area contributed by atoms with Gasteiger partial charge in [0.2, 0.25) is 0 Å².